The molecule has 0 bridgehead atoms. The first kappa shape index (κ1) is 25.5. The number of carbonyl (C=O) groups excluding carboxylic acids is 2. The Morgan fingerprint density at radius 1 is 0.931 bits per heavy atom. The van der Waals surface area contributed by atoms with Crippen molar-refractivity contribution in [1.29, 1.82) is 0 Å². The zero-order chi connectivity index (χ0) is 21.3. The summed E-state index contributed by atoms with van der Waals surface area (Å²) in [5, 5.41) is 0. The van der Waals surface area contributed by atoms with E-state index in [1.165, 1.54) is 19.3 Å². The standard InChI is InChI=1S/C25H42O4/c1-4-7-15-21-18-19-22(23(20-21)25(27)29-6-3)16-13-11-9-8-10-12-14-17-24(26)28-5-2/h13,16,18-19,21-23H,4-12,14-15,17,20H2,1-3H3/b16-13-/t21-,22+,23-/m0/s1. The number of hydrogen-bond acceptors (Lipinski definition) is 4. The molecule has 0 aliphatic heterocycles. The number of carbonyl (C=O) groups is 2. The summed E-state index contributed by atoms with van der Waals surface area (Å²) in [5.74, 6) is 0.500. The van der Waals surface area contributed by atoms with E-state index in [9.17, 15) is 9.59 Å². The molecule has 0 heterocycles. The van der Waals surface area contributed by atoms with Crippen molar-refractivity contribution in [1.82, 2.24) is 0 Å². The highest BCUT2D eigenvalue weighted by molar-refractivity contribution is 5.73. The molecule has 0 radical (unpaired) electrons. The number of unbranched alkanes of at least 4 members (excludes halogenated alkanes) is 6. The van der Waals surface area contributed by atoms with Crippen LogP contribution in [0.3, 0.4) is 0 Å². The summed E-state index contributed by atoms with van der Waals surface area (Å²) >= 11 is 0. The maximum absolute atomic E-state index is 12.4. The van der Waals surface area contributed by atoms with Gasteiger partial charge in [-0.15, -0.1) is 0 Å². The van der Waals surface area contributed by atoms with Crippen LogP contribution in [0.25, 0.3) is 0 Å². The lowest BCUT2D eigenvalue weighted by Crippen LogP contribution is -2.29. The molecular weight excluding hydrogens is 364 g/mol. The number of hydrogen-bond donors (Lipinski definition) is 0. The van der Waals surface area contributed by atoms with Crippen LogP contribution in [0.4, 0.5) is 0 Å². The molecule has 1 aliphatic rings. The zero-order valence-electron chi connectivity index (χ0n) is 18.9. The van der Waals surface area contributed by atoms with E-state index in [0.717, 1.165) is 44.9 Å². The Bertz CT molecular complexity index is 509. The van der Waals surface area contributed by atoms with Crippen molar-refractivity contribution in [3.8, 4) is 0 Å². The van der Waals surface area contributed by atoms with Crippen molar-refractivity contribution in [3.05, 3.63) is 24.3 Å². The molecule has 29 heavy (non-hydrogen) atoms. The molecule has 0 N–H and O–H groups in total. The third-order valence-corrected chi connectivity index (χ3v) is 5.56. The Hall–Kier alpha value is -1.58. The molecule has 0 aromatic heterocycles. The fourth-order valence-electron chi connectivity index (χ4n) is 3.91. The van der Waals surface area contributed by atoms with Gasteiger partial charge in [0.2, 0.25) is 0 Å². The second-order valence-corrected chi connectivity index (χ2v) is 8.00. The Balaban J connectivity index is 2.32. The predicted octanol–water partition coefficient (Wildman–Crippen LogP) is 6.40. The lowest BCUT2D eigenvalue weighted by molar-refractivity contribution is -0.149. The van der Waals surface area contributed by atoms with E-state index in [1.54, 1.807) is 0 Å². The van der Waals surface area contributed by atoms with Crippen LogP contribution in [0.15, 0.2) is 24.3 Å². The third-order valence-electron chi connectivity index (χ3n) is 5.56. The average molecular weight is 407 g/mol. The summed E-state index contributed by atoms with van der Waals surface area (Å²) in [6.45, 7) is 6.85. The van der Waals surface area contributed by atoms with E-state index in [-0.39, 0.29) is 23.8 Å². The van der Waals surface area contributed by atoms with Crippen molar-refractivity contribution in [2.75, 3.05) is 13.2 Å². The van der Waals surface area contributed by atoms with E-state index in [1.807, 2.05) is 13.8 Å². The number of allylic oxidation sites excluding steroid dienone is 4. The molecule has 1 aliphatic carbocycles. The summed E-state index contributed by atoms with van der Waals surface area (Å²) in [4.78, 5) is 23.7. The molecule has 0 unspecified atom stereocenters. The summed E-state index contributed by atoms with van der Waals surface area (Å²) in [6.07, 6.45) is 20.5. The Kier molecular flexibility index (Phi) is 14.3. The molecule has 0 saturated carbocycles. The van der Waals surface area contributed by atoms with Gasteiger partial charge in [-0.2, -0.15) is 0 Å². The summed E-state index contributed by atoms with van der Waals surface area (Å²) in [6, 6.07) is 0. The molecule has 4 nitrogen and oxygen atoms in total. The largest absolute Gasteiger partial charge is 0.466 e. The highest BCUT2D eigenvalue weighted by Gasteiger charge is 2.31. The Labute approximate surface area is 178 Å². The van der Waals surface area contributed by atoms with Gasteiger partial charge < -0.3 is 9.47 Å². The van der Waals surface area contributed by atoms with E-state index in [4.69, 9.17) is 9.47 Å². The molecule has 0 amide bonds. The van der Waals surface area contributed by atoms with Crippen LogP contribution >= 0.6 is 0 Å². The molecule has 4 heteroatoms. The van der Waals surface area contributed by atoms with Crippen LogP contribution in [-0.4, -0.2) is 25.2 Å². The molecule has 0 fully saturated rings. The van der Waals surface area contributed by atoms with Gasteiger partial charge in [-0.05, 0) is 51.9 Å². The van der Waals surface area contributed by atoms with Crippen molar-refractivity contribution in [2.24, 2.45) is 17.8 Å². The Morgan fingerprint density at radius 2 is 1.66 bits per heavy atom. The first-order valence-electron chi connectivity index (χ1n) is 11.8. The maximum Gasteiger partial charge on any atom is 0.309 e. The van der Waals surface area contributed by atoms with Crippen molar-refractivity contribution < 1.29 is 19.1 Å². The first-order valence-corrected chi connectivity index (χ1v) is 11.8. The van der Waals surface area contributed by atoms with Crippen molar-refractivity contribution >= 4 is 11.9 Å². The molecular formula is C25H42O4. The van der Waals surface area contributed by atoms with Gasteiger partial charge >= 0.3 is 11.9 Å². The molecule has 0 aromatic rings. The quantitative estimate of drug-likeness (QED) is 0.179. The van der Waals surface area contributed by atoms with E-state index in [0.29, 0.717) is 25.6 Å². The van der Waals surface area contributed by atoms with E-state index >= 15 is 0 Å². The van der Waals surface area contributed by atoms with Gasteiger partial charge in [0.15, 0.2) is 0 Å². The fourth-order valence-corrected chi connectivity index (χ4v) is 3.91. The predicted molar refractivity (Wildman–Crippen MR) is 118 cm³/mol. The van der Waals surface area contributed by atoms with Gasteiger partial charge in [0.05, 0.1) is 19.1 Å². The second kappa shape index (κ2) is 16.2. The highest BCUT2D eigenvalue weighted by Crippen LogP contribution is 2.33. The minimum absolute atomic E-state index is 0.0408. The molecule has 0 spiro atoms. The number of rotatable bonds is 15. The summed E-state index contributed by atoms with van der Waals surface area (Å²) in [7, 11) is 0. The van der Waals surface area contributed by atoms with Gasteiger partial charge in [-0.1, -0.05) is 63.3 Å². The first-order chi connectivity index (χ1) is 14.1. The highest BCUT2D eigenvalue weighted by atomic mass is 16.5. The van der Waals surface area contributed by atoms with Gasteiger partial charge in [0.25, 0.3) is 0 Å². The van der Waals surface area contributed by atoms with Gasteiger partial charge in [-0.3, -0.25) is 9.59 Å². The maximum atomic E-state index is 12.4. The zero-order valence-corrected chi connectivity index (χ0v) is 18.9. The van der Waals surface area contributed by atoms with Crippen LogP contribution < -0.4 is 0 Å². The summed E-state index contributed by atoms with van der Waals surface area (Å²) < 4.78 is 10.3. The van der Waals surface area contributed by atoms with Crippen LogP contribution in [-0.2, 0) is 19.1 Å². The fraction of sp³-hybridized carbons (Fsp3) is 0.760. The molecule has 3 atom stereocenters. The topological polar surface area (TPSA) is 52.6 Å². The molecule has 166 valence electrons. The van der Waals surface area contributed by atoms with Gasteiger partial charge in [0.1, 0.15) is 0 Å². The normalized spacial score (nSPS) is 21.4. The van der Waals surface area contributed by atoms with Crippen molar-refractivity contribution in [3.63, 3.8) is 0 Å². The lowest BCUT2D eigenvalue weighted by Gasteiger charge is -2.28. The number of esters is 2. The SMILES string of the molecule is CCCC[C@H]1C=C[C@@H](/C=C\CCCCCCCC(=O)OCC)[C@@H](C(=O)OCC)C1. The van der Waals surface area contributed by atoms with Crippen molar-refractivity contribution in [2.45, 2.75) is 91.4 Å². The van der Waals surface area contributed by atoms with E-state index < -0.39 is 0 Å². The molecule has 1 rings (SSSR count). The average Bonchev–Trinajstić information content (AvgIpc) is 2.71. The van der Waals surface area contributed by atoms with Crippen LogP contribution in [0.5, 0.6) is 0 Å². The molecule has 0 saturated heterocycles. The lowest BCUT2D eigenvalue weighted by atomic mass is 9.77. The smallest absolute Gasteiger partial charge is 0.309 e. The van der Waals surface area contributed by atoms with Gasteiger partial charge in [0, 0.05) is 12.3 Å². The second-order valence-electron chi connectivity index (χ2n) is 8.00. The molecule has 0 aromatic carbocycles. The van der Waals surface area contributed by atoms with Gasteiger partial charge in [-0.25, -0.2) is 0 Å². The monoisotopic (exact) mass is 406 g/mol. The van der Waals surface area contributed by atoms with Crippen LogP contribution in [0.2, 0.25) is 0 Å². The minimum Gasteiger partial charge on any atom is -0.466 e. The minimum atomic E-state index is -0.0796. The van der Waals surface area contributed by atoms with Crippen LogP contribution in [0.1, 0.15) is 91.4 Å². The van der Waals surface area contributed by atoms with Crippen LogP contribution in [0, 0.1) is 17.8 Å². The van der Waals surface area contributed by atoms with E-state index in [2.05, 4.69) is 31.2 Å². The Morgan fingerprint density at radius 3 is 2.38 bits per heavy atom. The number of ether oxygens (including phenoxy) is 2. The third kappa shape index (κ3) is 11.3. The summed E-state index contributed by atoms with van der Waals surface area (Å²) in [5.41, 5.74) is 0.